The van der Waals surface area contributed by atoms with Gasteiger partial charge in [0, 0.05) is 22.2 Å². The summed E-state index contributed by atoms with van der Waals surface area (Å²) in [5, 5.41) is 30.4. The Labute approximate surface area is 197 Å². The highest BCUT2D eigenvalue weighted by Crippen LogP contribution is 2.26. The number of rotatable bonds is 3. The zero-order chi connectivity index (χ0) is 25.3. The van der Waals surface area contributed by atoms with Gasteiger partial charge in [0.2, 0.25) is 17.5 Å². The maximum absolute atomic E-state index is 12.6. The zero-order valence-electron chi connectivity index (χ0n) is 15.8. The van der Waals surface area contributed by atoms with Crippen molar-refractivity contribution >= 4 is 51.9 Å². The van der Waals surface area contributed by atoms with Crippen LogP contribution in [0.4, 0.5) is 30.2 Å². The van der Waals surface area contributed by atoms with Gasteiger partial charge in [-0.25, -0.2) is 0 Å². The van der Waals surface area contributed by atoms with Gasteiger partial charge in [-0.3, -0.25) is 30.3 Å². The van der Waals surface area contributed by atoms with E-state index in [0.29, 0.717) is 0 Å². The van der Waals surface area contributed by atoms with Crippen LogP contribution < -0.4 is 0 Å². The lowest BCUT2D eigenvalue weighted by atomic mass is 10.3. The summed E-state index contributed by atoms with van der Waals surface area (Å²) < 4.78 is 37.7. The molecule has 174 valence electrons. The summed E-state index contributed by atoms with van der Waals surface area (Å²) in [6.07, 6.45) is 0. The molecule has 0 radical (unpaired) electrons. The first kappa shape index (κ1) is 27.6. The second-order valence-electron chi connectivity index (χ2n) is 5.53. The fraction of sp³-hybridized carbons (Fsp3) is 0. The highest BCUT2D eigenvalue weighted by molar-refractivity contribution is 6.32. The molecule has 9 nitrogen and oxygen atoms in total. The average molecular weight is 527 g/mol. The Balaban J connectivity index is 0.000000247. The average Bonchev–Trinajstić information content (AvgIpc) is 2.70. The first-order valence-corrected chi connectivity index (χ1v) is 9.25. The largest absolute Gasteiger partial charge is 0.323 e. The maximum Gasteiger partial charge on any atom is 0.323 e. The van der Waals surface area contributed by atoms with Gasteiger partial charge < -0.3 is 0 Å². The second-order valence-corrected chi connectivity index (χ2v) is 6.81. The minimum atomic E-state index is -0.914. The zero-order valence-corrected chi connectivity index (χ0v) is 18.0. The molecule has 3 rings (SSSR count). The van der Waals surface area contributed by atoms with Crippen LogP contribution in [0, 0.1) is 47.8 Å². The molecule has 0 fully saturated rings. The van der Waals surface area contributed by atoms with E-state index in [2.05, 4.69) is 0 Å². The third-order valence-electron chi connectivity index (χ3n) is 3.33. The lowest BCUT2D eigenvalue weighted by Crippen LogP contribution is -1.92. The van der Waals surface area contributed by atoms with Crippen molar-refractivity contribution in [2.24, 2.45) is 0 Å². The molecular weight excluding hydrogens is 518 g/mol. The van der Waals surface area contributed by atoms with Crippen molar-refractivity contribution in [3.05, 3.63) is 117 Å². The summed E-state index contributed by atoms with van der Waals surface area (Å²) in [7, 11) is 0. The Morgan fingerprint density at radius 3 is 1.58 bits per heavy atom. The smallest absolute Gasteiger partial charge is 0.258 e. The van der Waals surface area contributed by atoms with Crippen LogP contribution in [0.3, 0.4) is 0 Å². The van der Waals surface area contributed by atoms with Crippen LogP contribution in [0.2, 0.25) is 15.1 Å². The van der Waals surface area contributed by atoms with E-state index in [1.54, 1.807) is 0 Å². The summed E-state index contributed by atoms with van der Waals surface area (Å²) in [6.45, 7) is 0. The van der Waals surface area contributed by atoms with Crippen LogP contribution >= 0.6 is 34.8 Å². The molecular formula is C18H9Cl3F3N3O6. The number of hydrogen-bond acceptors (Lipinski definition) is 6. The van der Waals surface area contributed by atoms with Crippen molar-refractivity contribution in [1.29, 1.82) is 0 Å². The topological polar surface area (TPSA) is 129 Å². The Kier molecular flexibility index (Phi) is 10.5. The molecule has 0 aliphatic rings. The van der Waals surface area contributed by atoms with E-state index in [4.69, 9.17) is 34.8 Å². The predicted molar refractivity (Wildman–Crippen MR) is 114 cm³/mol. The first-order chi connectivity index (χ1) is 15.3. The minimum Gasteiger partial charge on any atom is -0.258 e. The Bertz CT molecular complexity index is 1180. The summed E-state index contributed by atoms with van der Waals surface area (Å²) in [6, 6.07) is 9.94. The van der Waals surface area contributed by atoms with Crippen LogP contribution in [0.5, 0.6) is 0 Å². The molecule has 0 aromatic heterocycles. The van der Waals surface area contributed by atoms with E-state index in [-0.39, 0.29) is 15.1 Å². The van der Waals surface area contributed by atoms with Crippen LogP contribution in [0.25, 0.3) is 0 Å². The highest BCUT2D eigenvalue weighted by atomic mass is 35.5. The van der Waals surface area contributed by atoms with Gasteiger partial charge in [0.25, 0.3) is 0 Å². The Hall–Kier alpha value is -3.48. The first-order valence-electron chi connectivity index (χ1n) is 8.12. The van der Waals surface area contributed by atoms with E-state index in [9.17, 15) is 43.5 Å². The van der Waals surface area contributed by atoms with Crippen molar-refractivity contribution in [1.82, 2.24) is 0 Å². The Morgan fingerprint density at radius 1 is 0.606 bits per heavy atom. The molecule has 0 unspecified atom stereocenters. The number of benzene rings is 3. The fourth-order valence-corrected chi connectivity index (χ4v) is 2.48. The molecule has 3 aromatic rings. The standard InChI is InChI=1S/3C6H3ClFNO2/c7-4-1-2-6(9(10)11)5(8)3-4;7-4-1-2-5(8)6(3-4)9(10)11;7-4-2-1-3-5(8)6(4)9(10)11/h3*1-3H. The third-order valence-corrected chi connectivity index (χ3v) is 4.11. The molecule has 0 heterocycles. The molecule has 15 heteroatoms. The molecule has 0 aliphatic carbocycles. The normalized spacial score (nSPS) is 9.64. The van der Waals surface area contributed by atoms with Crippen LogP contribution in [0.1, 0.15) is 0 Å². The molecule has 0 saturated carbocycles. The lowest BCUT2D eigenvalue weighted by Gasteiger charge is -1.93. The minimum absolute atomic E-state index is 0.146. The van der Waals surface area contributed by atoms with E-state index in [0.717, 1.165) is 30.3 Å². The van der Waals surface area contributed by atoms with Crippen molar-refractivity contribution in [3.8, 4) is 0 Å². The number of para-hydroxylation sites is 1. The van der Waals surface area contributed by atoms with E-state index >= 15 is 0 Å². The van der Waals surface area contributed by atoms with Crippen LogP contribution in [-0.4, -0.2) is 14.8 Å². The van der Waals surface area contributed by atoms with Gasteiger partial charge in [-0.2, -0.15) is 13.2 Å². The predicted octanol–water partition coefficient (Wildman–Crippen LogP) is 7.16. The van der Waals surface area contributed by atoms with Gasteiger partial charge in [0.05, 0.1) is 14.8 Å². The second kappa shape index (κ2) is 12.5. The van der Waals surface area contributed by atoms with Crippen molar-refractivity contribution in [2.45, 2.75) is 0 Å². The van der Waals surface area contributed by atoms with Gasteiger partial charge in [-0.1, -0.05) is 40.9 Å². The van der Waals surface area contributed by atoms with Gasteiger partial charge >= 0.3 is 17.1 Å². The number of hydrogen-bond donors (Lipinski definition) is 0. The van der Waals surface area contributed by atoms with Gasteiger partial charge in [-0.05, 0) is 36.4 Å². The number of nitro groups is 3. The third kappa shape index (κ3) is 8.52. The number of nitro benzene ring substituents is 3. The van der Waals surface area contributed by atoms with Crippen LogP contribution in [0.15, 0.2) is 54.6 Å². The molecule has 0 amide bonds. The molecule has 0 bridgehead atoms. The van der Waals surface area contributed by atoms with Gasteiger partial charge in [0.15, 0.2) is 0 Å². The summed E-state index contributed by atoms with van der Waals surface area (Å²) in [5.74, 6) is -2.70. The SMILES string of the molecule is O=[N+]([O-])c1c(F)cccc1Cl.O=[N+]([O-])c1cc(Cl)ccc1F.O=[N+]([O-])c1ccc(Cl)cc1F. The van der Waals surface area contributed by atoms with Crippen molar-refractivity contribution in [2.75, 3.05) is 0 Å². The molecule has 0 atom stereocenters. The van der Waals surface area contributed by atoms with E-state index in [1.165, 1.54) is 24.3 Å². The molecule has 0 aliphatic heterocycles. The van der Waals surface area contributed by atoms with E-state index in [1.807, 2.05) is 0 Å². The fourth-order valence-electron chi connectivity index (χ4n) is 1.92. The molecule has 0 saturated heterocycles. The maximum atomic E-state index is 12.6. The monoisotopic (exact) mass is 525 g/mol. The number of nitrogens with zero attached hydrogens (tertiary/aromatic N) is 3. The lowest BCUT2D eigenvalue weighted by molar-refractivity contribution is -0.387. The number of halogens is 6. The summed E-state index contributed by atoms with van der Waals surface area (Å²) >= 11 is 16.1. The summed E-state index contributed by atoms with van der Waals surface area (Å²) in [5.41, 5.74) is -1.83. The molecule has 0 N–H and O–H groups in total. The van der Waals surface area contributed by atoms with Crippen LogP contribution in [-0.2, 0) is 0 Å². The molecule has 33 heavy (non-hydrogen) atoms. The molecule has 0 spiro atoms. The Morgan fingerprint density at radius 2 is 1.15 bits per heavy atom. The van der Waals surface area contributed by atoms with Crippen molar-refractivity contribution in [3.63, 3.8) is 0 Å². The molecule has 3 aromatic carbocycles. The van der Waals surface area contributed by atoms with Gasteiger partial charge in [-0.15, -0.1) is 0 Å². The van der Waals surface area contributed by atoms with E-state index < -0.39 is 49.3 Å². The quantitative estimate of drug-likeness (QED) is 0.263. The summed E-state index contributed by atoms with van der Waals surface area (Å²) in [4.78, 5) is 27.8. The highest BCUT2D eigenvalue weighted by Gasteiger charge is 2.17. The van der Waals surface area contributed by atoms with Crippen molar-refractivity contribution < 1.29 is 27.9 Å². The van der Waals surface area contributed by atoms with Gasteiger partial charge in [0.1, 0.15) is 5.02 Å².